The lowest BCUT2D eigenvalue weighted by Gasteiger charge is -2.03. The Hall–Kier alpha value is -2.40. The molecule has 0 N–H and O–H groups in total. The number of benzene rings is 1. The van der Waals surface area contributed by atoms with Crippen molar-refractivity contribution in [1.29, 1.82) is 0 Å². The van der Waals surface area contributed by atoms with E-state index in [9.17, 15) is 0 Å². The van der Waals surface area contributed by atoms with Crippen molar-refractivity contribution in [1.82, 2.24) is 15.1 Å². The summed E-state index contributed by atoms with van der Waals surface area (Å²) in [6, 6.07) is 7.19. The highest BCUT2D eigenvalue weighted by Gasteiger charge is 2.13. The molecular weight excluding hydrogens is 290 g/mol. The third kappa shape index (κ3) is 2.60. The van der Waals surface area contributed by atoms with Crippen LogP contribution in [0.1, 0.15) is 5.56 Å². The standard InChI is InChI=1S/C15H12ClN3O2/c1-9-8-17-6-5-11(9)15-18-14(19-21-15)10-3-4-13(20-2)12(16)7-10/h3-8H,1-2H3. The first kappa shape index (κ1) is 13.6. The summed E-state index contributed by atoms with van der Waals surface area (Å²) in [5, 5.41) is 4.50. The van der Waals surface area contributed by atoms with Crippen LogP contribution in [0.2, 0.25) is 5.02 Å². The number of rotatable bonds is 3. The van der Waals surface area contributed by atoms with E-state index in [0.29, 0.717) is 22.5 Å². The first-order valence-electron chi connectivity index (χ1n) is 6.27. The van der Waals surface area contributed by atoms with Crippen LogP contribution >= 0.6 is 11.6 Å². The van der Waals surface area contributed by atoms with Crippen LogP contribution in [0.25, 0.3) is 22.8 Å². The van der Waals surface area contributed by atoms with E-state index in [1.807, 2.05) is 19.1 Å². The van der Waals surface area contributed by atoms with Gasteiger partial charge in [-0.2, -0.15) is 4.98 Å². The van der Waals surface area contributed by atoms with Gasteiger partial charge in [0.1, 0.15) is 5.75 Å². The maximum atomic E-state index is 6.11. The Morgan fingerprint density at radius 3 is 2.81 bits per heavy atom. The highest BCUT2D eigenvalue weighted by molar-refractivity contribution is 6.32. The van der Waals surface area contributed by atoms with Crippen LogP contribution in [0.3, 0.4) is 0 Å². The maximum Gasteiger partial charge on any atom is 0.258 e. The number of methoxy groups -OCH3 is 1. The molecule has 0 aliphatic carbocycles. The van der Waals surface area contributed by atoms with Crippen molar-refractivity contribution >= 4 is 11.6 Å². The zero-order valence-corrected chi connectivity index (χ0v) is 12.3. The normalized spacial score (nSPS) is 10.6. The SMILES string of the molecule is COc1ccc(-c2noc(-c3ccncc3C)n2)cc1Cl. The molecule has 2 heterocycles. The summed E-state index contributed by atoms with van der Waals surface area (Å²) < 4.78 is 10.4. The summed E-state index contributed by atoms with van der Waals surface area (Å²) in [6.45, 7) is 1.94. The summed E-state index contributed by atoms with van der Waals surface area (Å²) in [5.41, 5.74) is 2.60. The maximum absolute atomic E-state index is 6.11. The molecule has 106 valence electrons. The third-order valence-corrected chi connectivity index (χ3v) is 3.38. The van der Waals surface area contributed by atoms with Gasteiger partial charge in [-0.15, -0.1) is 0 Å². The summed E-state index contributed by atoms with van der Waals surface area (Å²) in [6.07, 6.45) is 3.44. The lowest BCUT2D eigenvalue weighted by atomic mass is 10.1. The Kier molecular flexibility index (Phi) is 3.58. The van der Waals surface area contributed by atoms with Gasteiger partial charge in [-0.05, 0) is 36.8 Å². The van der Waals surface area contributed by atoms with Crippen LogP contribution in [-0.4, -0.2) is 22.2 Å². The van der Waals surface area contributed by atoms with E-state index in [2.05, 4.69) is 15.1 Å². The largest absolute Gasteiger partial charge is 0.495 e. The van der Waals surface area contributed by atoms with Gasteiger partial charge in [-0.25, -0.2) is 0 Å². The fraction of sp³-hybridized carbons (Fsp3) is 0.133. The summed E-state index contributed by atoms with van der Waals surface area (Å²) >= 11 is 6.11. The molecule has 0 unspecified atom stereocenters. The van der Waals surface area contributed by atoms with Crippen LogP contribution in [-0.2, 0) is 0 Å². The number of halogens is 1. The highest BCUT2D eigenvalue weighted by atomic mass is 35.5. The molecule has 0 radical (unpaired) electrons. The predicted octanol–water partition coefficient (Wildman–Crippen LogP) is 3.77. The molecule has 21 heavy (non-hydrogen) atoms. The number of hydrogen-bond acceptors (Lipinski definition) is 5. The zero-order chi connectivity index (χ0) is 14.8. The van der Waals surface area contributed by atoms with Gasteiger partial charge in [0.2, 0.25) is 5.82 Å². The number of ether oxygens (including phenoxy) is 1. The molecule has 0 atom stereocenters. The second-order valence-corrected chi connectivity index (χ2v) is 4.87. The lowest BCUT2D eigenvalue weighted by molar-refractivity contribution is 0.415. The number of aryl methyl sites for hydroxylation is 1. The second kappa shape index (κ2) is 5.54. The van der Waals surface area contributed by atoms with E-state index in [4.69, 9.17) is 20.9 Å². The van der Waals surface area contributed by atoms with Gasteiger partial charge < -0.3 is 9.26 Å². The minimum absolute atomic E-state index is 0.455. The van der Waals surface area contributed by atoms with Crippen molar-refractivity contribution in [3.05, 3.63) is 47.2 Å². The quantitative estimate of drug-likeness (QED) is 0.737. The Labute approximate surface area is 126 Å². The van der Waals surface area contributed by atoms with Gasteiger partial charge in [0.25, 0.3) is 5.89 Å². The highest BCUT2D eigenvalue weighted by Crippen LogP contribution is 2.30. The topological polar surface area (TPSA) is 61.0 Å². The van der Waals surface area contributed by atoms with Crippen LogP contribution in [0.5, 0.6) is 5.75 Å². The van der Waals surface area contributed by atoms with Gasteiger partial charge in [0.05, 0.1) is 12.1 Å². The van der Waals surface area contributed by atoms with Crippen LogP contribution in [0.15, 0.2) is 41.2 Å². The van der Waals surface area contributed by atoms with E-state index in [0.717, 1.165) is 16.7 Å². The van der Waals surface area contributed by atoms with Crippen molar-refractivity contribution < 1.29 is 9.26 Å². The van der Waals surface area contributed by atoms with Crippen molar-refractivity contribution in [2.24, 2.45) is 0 Å². The zero-order valence-electron chi connectivity index (χ0n) is 11.5. The number of aromatic nitrogens is 3. The first-order valence-corrected chi connectivity index (χ1v) is 6.65. The molecule has 0 saturated heterocycles. The second-order valence-electron chi connectivity index (χ2n) is 4.46. The van der Waals surface area contributed by atoms with Crippen LogP contribution in [0, 0.1) is 6.92 Å². The average Bonchev–Trinajstić information content (AvgIpc) is 2.97. The lowest BCUT2D eigenvalue weighted by Crippen LogP contribution is -1.87. The molecule has 6 heteroatoms. The first-order chi connectivity index (χ1) is 10.2. The molecule has 0 aliphatic rings. The number of pyridine rings is 1. The van der Waals surface area contributed by atoms with Crippen molar-refractivity contribution in [2.45, 2.75) is 6.92 Å². The molecule has 0 spiro atoms. The molecule has 0 aliphatic heterocycles. The number of nitrogens with zero attached hydrogens (tertiary/aromatic N) is 3. The average molecular weight is 302 g/mol. The third-order valence-electron chi connectivity index (χ3n) is 3.09. The minimum Gasteiger partial charge on any atom is -0.495 e. The van der Waals surface area contributed by atoms with Crippen molar-refractivity contribution in [3.8, 4) is 28.6 Å². The fourth-order valence-electron chi connectivity index (χ4n) is 1.97. The minimum atomic E-state index is 0.455. The summed E-state index contributed by atoms with van der Waals surface area (Å²) in [7, 11) is 1.57. The molecular formula is C15H12ClN3O2. The summed E-state index contributed by atoms with van der Waals surface area (Å²) in [4.78, 5) is 8.45. The van der Waals surface area contributed by atoms with Gasteiger partial charge >= 0.3 is 0 Å². The monoisotopic (exact) mass is 301 g/mol. The van der Waals surface area contributed by atoms with Crippen LogP contribution in [0.4, 0.5) is 0 Å². The van der Waals surface area contributed by atoms with E-state index < -0.39 is 0 Å². The molecule has 0 amide bonds. The van der Waals surface area contributed by atoms with E-state index in [-0.39, 0.29) is 0 Å². The number of hydrogen-bond donors (Lipinski definition) is 0. The Balaban J connectivity index is 1.99. The Morgan fingerprint density at radius 2 is 2.10 bits per heavy atom. The molecule has 5 nitrogen and oxygen atoms in total. The van der Waals surface area contributed by atoms with Crippen molar-refractivity contribution in [3.63, 3.8) is 0 Å². The molecule has 3 aromatic rings. The smallest absolute Gasteiger partial charge is 0.258 e. The Morgan fingerprint density at radius 1 is 1.24 bits per heavy atom. The van der Waals surface area contributed by atoms with Gasteiger partial charge in [-0.1, -0.05) is 16.8 Å². The molecule has 0 saturated carbocycles. The van der Waals surface area contributed by atoms with E-state index >= 15 is 0 Å². The molecule has 0 bridgehead atoms. The molecule has 2 aromatic heterocycles. The fourth-order valence-corrected chi connectivity index (χ4v) is 2.23. The van der Waals surface area contributed by atoms with E-state index in [1.54, 1.807) is 31.6 Å². The molecule has 3 rings (SSSR count). The Bertz CT molecular complexity index is 786. The summed E-state index contributed by atoms with van der Waals surface area (Å²) in [5.74, 6) is 1.54. The van der Waals surface area contributed by atoms with Gasteiger partial charge in [-0.3, -0.25) is 4.98 Å². The molecule has 1 aromatic carbocycles. The van der Waals surface area contributed by atoms with Crippen molar-refractivity contribution in [2.75, 3.05) is 7.11 Å². The van der Waals surface area contributed by atoms with Crippen LogP contribution < -0.4 is 4.74 Å². The molecule has 0 fully saturated rings. The van der Waals surface area contributed by atoms with E-state index in [1.165, 1.54) is 0 Å². The van der Waals surface area contributed by atoms with Gasteiger partial charge in [0, 0.05) is 23.5 Å². The van der Waals surface area contributed by atoms with Gasteiger partial charge in [0.15, 0.2) is 0 Å². The predicted molar refractivity (Wildman–Crippen MR) is 79.3 cm³/mol.